The SMILES string of the molecule is O=[N+]([O-])c1cc(CO)ccc1OCCSc1ccccc1. The monoisotopic (exact) mass is 305 g/mol. The molecule has 0 fully saturated rings. The molecular weight excluding hydrogens is 290 g/mol. The lowest BCUT2D eigenvalue weighted by molar-refractivity contribution is -0.385. The summed E-state index contributed by atoms with van der Waals surface area (Å²) in [5, 5.41) is 20.0. The molecule has 6 heteroatoms. The fraction of sp³-hybridized carbons (Fsp3) is 0.200. The zero-order valence-corrected chi connectivity index (χ0v) is 12.1. The molecule has 0 unspecified atom stereocenters. The average Bonchev–Trinajstić information content (AvgIpc) is 2.52. The number of benzene rings is 2. The van der Waals surface area contributed by atoms with Gasteiger partial charge in [-0.3, -0.25) is 10.1 Å². The Morgan fingerprint density at radius 2 is 1.95 bits per heavy atom. The van der Waals surface area contributed by atoms with Gasteiger partial charge in [0.1, 0.15) is 0 Å². The number of hydrogen-bond donors (Lipinski definition) is 1. The standard InChI is InChI=1S/C15H15NO4S/c17-11-12-6-7-15(14(10-12)16(18)19)20-8-9-21-13-4-2-1-3-5-13/h1-7,10,17H,8-9,11H2. The Kier molecular flexibility index (Phi) is 5.59. The van der Waals surface area contributed by atoms with Crippen molar-refractivity contribution in [1.29, 1.82) is 0 Å². The molecule has 0 aliphatic carbocycles. The molecule has 0 aliphatic heterocycles. The number of ether oxygens (including phenoxy) is 1. The average molecular weight is 305 g/mol. The highest BCUT2D eigenvalue weighted by Gasteiger charge is 2.15. The number of rotatable bonds is 7. The maximum absolute atomic E-state index is 11.0. The summed E-state index contributed by atoms with van der Waals surface area (Å²) in [5.41, 5.74) is 0.374. The number of nitrogens with zero attached hydrogens (tertiary/aromatic N) is 1. The Hall–Kier alpha value is -2.05. The third-order valence-electron chi connectivity index (χ3n) is 2.76. The summed E-state index contributed by atoms with van der Waals surface area (Å²) in [5.74, 6) is 0.925. The van der Waals surface area contributed by atoms with Gasteiger partial charge < -0.3 is 9.84 Å². The van der Waals surface area contributed by atoms with Gasteiger partial charge in [-0.25, -0.2) is 0 Å². The summed E-state index contributed by atoms with van der Waals surface area (Å²) in [6.45, 7) is 0.143. The molecule has 0 saturated heterocycles. The first-order valence-corrected chi connectivity index (χ1v) is 7.38. The lowest BCUT2D eigenvalue weighted by atomic mass is 10.2. The summed E-state index contributed by atoms with van der Waals surface area (Å²) < 4.78 is 5.48. The van der Waals surface area contributed by atoms with Gasteiger partial charge in [-0.05, 0) is 23.8 Å². The van der Waals surface area contributed by atoms with Crippen LogP contribution in [-0.4, -0.2) is 22.4 Å². The number of aliphatic hydroxyl groups is 1. The molecule has 0 spiro atoms. The number of nitro benzene ring substituents is 1. The van der Waals surface area contributed by atoms with Crippen LogP contribution in [0.25, 0.3) is 0 Å². The quantitative estimate of drug-likeness (QED) is 0.368. The molecule has 2 aromatic carbocycles. The van der Waals surface area contributed by atoms with Crippen LogP contribution in [0.4, 0.5) is 5.69 Å². The molecule has 0 heterocycles. The van der Waals surface area contributed by atoms with E-state index in [2.05, 4.69) is 0 Å². The van der Waals surface area contributed by atoms with E-state index in [1.54, 1.807) is 17.8 Å². The van der Waals surface area contributed by atoms with Crippen molar-refractivity contribution in [2.45, 2.75) is 11.5 Å². The molecule has 1 N–H and O–H groups in total. The molecule has 0 atom stereocenters. The predicted molar refractivity (Wildman–Crippen MR) is 81.7 cm³/mol. The molecule has 0 aliphatic rings. The molecule has 110 valence electrons. The molecule has 0 saturated carbocycles. The maximum atomic E-state index is 11.0. The smallest absolute Gasteiger partial charge is 0.311 e. The first-order chi connectivity index (χ1) is 10.2. The second-order valence-corrected chi connectivity index (χ2v) is 5.40. The van der Waals surface area contributed by atoms with Crippen LogP contribution < -0.4 is 4.74 Å². The van der Waals surface area contributed by atoms with E-state index in [1.807, 2.05) is 30.3 Å². The van der Waals surface area contributed by atoms with Gasteiger partial charge in [0.25, 0.3) is 0 Å². The van der Waals surface area contributed by atoms with E-state index >= 15 is 0 Å². The van der Waals surface area contributed by atoms with Crippen LogP contribution >= 0.6 is 11.8 Å². The van der Waals surface area contributed by atoms with E-state index in [0.29, 0.717) is 17.9 Å². The Labute approximate surface area is 126 Å². The Morgan fingerprint density at radius 1 is 1.19 bits per heavy atom. The van der Waals surface area contributed by atoms with Crippen molar-refractivity contribution in [2.75, 3.05) is 12.4 Å². The van der Waals surface area contributed by atoms with E-state index in [1.165, 1.54) is 12.1 Å². The van der Waals surface area contributed by atoms with Crippen molar-refractivity contribution >= 4 is 17.4 Å². The van der Waals surface area contributed by atoms with Crippen LogP contribution in [0.5, 0.6) is 5.75 Å². The molecule has 5 nitrogen and oxygen atoms in total. The zero-order valence-electron chi connectivity index (χ0n) is 11.3. The second kappa shape index (κ2) is 7.66. The van der Waals surface area contributed by atoms with Crippen LogP contribution in [0.2, 0.25) is 0 Å². The highest BCUT2D eigenvalue weighted by Crippen LogP contribution is 2.28. The molecule has 2 rings (SSSR count). The van der Waals surface area contributed by atoms with Gasteiger partial charge in [-0.15, -0.1) is 11.8 Å². The van der Waals surface area contributed by atoms with Crippen LogP contribution in [-0.2, 0) is 6.61 Å². The fourth-order valence-corrected chi connectivity index (χ4v) is 2.51. The molecule has 0 aromatic heterocycles. The third kappa shape index (κ3) is 4.47. The highest BCUT2D eigenvalue weighted by atomic mass is 32.2. The van der Waals surface area contributed by atoms with Crippen molar-refractivity contribution in [3.05, 3.63) is 64.2 Å². The third-order valence-corrected chi connectivity index (χ3v) is 3.73. The van der Waals surface area contributed by atoms with E-state index in [-0.39, 0.29) is 18.0 Å². The van der Waals surface area contributed by atoms with Gasteiger partial charge in [0, 0.05) is 16.7 Å². The number of hydrogen-bond acceptors (Lipinski definition) is 5. The molecule has 0 radical (unpaired) electrons. The van der Waals surface area contributed by atoms with E-state index < -0.39 is 4.92 Å². The van der Waals surface area contributed by atoms with E-state index in [9.17, 15) is 10.1 Å². The first-order valence-electron chi connectivity index (χ1n) is 6.39. The van der Waals surface area contributed by atoms with Crippen LogP contribution in [0, 0.1) is 10.1 Å². The lowest BCUT2D eigenvalue weighted by Crippen LogP contribution is -2.03. The highest BCUT2D eigenvalue weighted by molar-refractivity contribution is 7.99. The summed E-state index contributed by atoms with van der Waals surface area (Å²) in [7, 11) is 0. The first kappa shape index (κ1) is 15.3. The topological polar surface area (TPSA) is 72.6 Å². The van der Waals surface area contributed by atoms with Crippen LogP contribution in [0.3, 0.4) is 0 Å². The maximum Gasteiger partial charge on any atom is 0.311 e. The van der Waals surface area contributed by atoms with Gasteiger partial charge in [-0.1, -0.05) is 24.3 Å². The largest absolute Gasteiger partial charge is 0.486 e. The number of aliphatic hydroxyl groups excluding tert-OH is 1. The normalized spacial score (nSPS) is 10.3. The van der Waals surface area contributed by atoms with Gasteiger partial charge in [0.05, 0.1) is 18.1 Å². The van der Waals surface area contributed by atoms with E-state index in [0.717, 1.165) is 4.90 Å². The summed E-state index contributed by atoms with van der Waals surface area (Å²) >= 11 is 1.63. The van der Waals surface area contributed by atoms with Gasteiger partial charge in [0.2, 0.25) is 0 Å². The summed E-state index contributed by atoms with van der Waals surface area (Å²) in [6.07, 6.45) is 0. The Morgan fingerprint density at radius 3 is 2.62 bits per heavy atom. The number of nitro groups is 1. The molecule has 0 amide bonds. The second-order valence-electron chi connectivity index (χ2n) is 4.23. The van der Waals surface area contributed by atoms with Crippen molar-refractivity contribution < 1.29 is 14.8 Å². The zero-order chi connectivity index (χ0) is 15.1. The Balaban J connectivity index is 1.92. The molecular formula is C15H15NO4S. The minimum atomic E-state index is -0.501. The minimum Gasteiger partial charge on any atom is -0.486 e. The van der Waals surface area contributed by atoms with Gasteiger partial charge in [-0.2, -0.15) is 0 Å². The van der Waals surface area contributed by atoms with Crippen LogP contribution in [0.15, 0.2) is 53.4 Å². The lowest BCUT2D eigenvalue weighted by Gasteiger charge is -2.07. The molecule has 2 aromatic rings. The van der Waals surface area contributed by atoms with Crippen LogP contribution in [0.1, 0.15) is 5.56 Å². The summed E-state index contributed by atoms with van der Waals surface area (Å²) in [4.78, 5) is 11.6. The summed E-state index contributed by atoms with van der Waals surface area (Å²) in [6, 6.07) is 14.4. The number of thioether (sulfide) groups is 1. The molecule has 21 heavy (non-hydrogen) atoms. The van der Waals surface area contributed by atoms with Crippen molar-refractivity contribution in [2.24, 2.45) is 0 Å². The molecule has 0 bridgehead atoms. The van der Waals surface area contributed by atoms with Gasteiger partial charge >= 0.3 is 5.69 Å². The fourth-order valence-electron chi connectivity index (χ4n) is 1.75. The Bertz CT molecular complexity index is 604. The van der Waals surface area contributed by atoms with E-state index in [4.69, 9.17) is 9.84 Å². The van der Waals surface area contributed by atoms with Crippen molar-refractivity contribution in [3.8, 4) is 5.75 Å². The van der Waals surface area contributed by atoms with Gasteiger partial charge in [0.15, 0.2) is 5.75 Å². The van der Waals surface area contributed by atoms with Crippen molar-refractivity contribution in [3.63, 3.8) is 0 Å². The van der Waals surface area contributed by atoms with Crippen molar-refractivity contribution in [1.82, 2.24) is 0 Å². The minimum absolute atomic E-state index is 0.119. The predicted octanol–water partition coefficient (Wildman–Crippen LogP) is 3.26.